The molecule has 3 heterocycles. The third kappa shape index (κ3) is 4.03. The van der Waals surface area contributed by atoms with Gasteiger partial charge >= 0.3 is 0 Å². The number of rotatable bonds is 4. The number of carbonyl (C=O) groups is 1. The van der Waals surface area contributed by atoms with Crippen LogP contribution in [0.15, 0.2) is 40.8 Å². The van der Waals surface area contributed by atoms with Crippen LogP contribution in [0.25, 0.3) is 21.0 Å². The summed E-state index contributed by atoms with van der Waals surface area (Å²) in [5.74, 6) is 1.74. The van der Waals surface area contributed by atoms with Crippen molar-refractivity contribution in [2.24, 2.45) is 5.92 Å². The molecule has 2 N–H and O–H groups in total. The Bertz CT molecular complexity index is 822. The van der Waals surface area contributed by atoms with E-state index in [-0.39, 0.29) is 24.2 Å². The summed E-state index contributed by atoms with van der Waals surface area (Å²) in [5.41, 5.74) is 0.981. The van der Waals surface area contributed by atoms with E-state index in [0.717, 1.165) is 52.7 Å². The number of hydrogen-bond acceptors (Lipinski definition) is 5. The molecule has 1 aliphatic heterocycles. The maximum Gasteiger partial charge on any atom is 0.223 e. The van der Waals surface area contributed by atoms with Gasteiger partial charge in [-0.15, -0.1) is 23.7 Å². The Balaban J connectivity index is 0.00000182. The first-order valence-corrected chi connectivity index (χ1v) is 9.04. The van der Waals surface area contributed by atoms with Crippen molar-refractivity contribution in [3.8, 4) is 10.8 Å². The fourth-order valence-corrected chi connectivity index (χ4v) is 3.90. The second kappa shape index (κ2) is 7.99. The van der Waals surface area contributed by atoms with Gasteiger partial charge in [-0.1, -0.05) is 12.1 Å². The minimum Gasteiger partial charge on any atom is -0.457 e. The molecule has 25 heavy (non-hydrogen) atoms. The van der Waals surface area contributed by atoms with Crippen LogP contribution in [0.2, 0.25) is 0 Å². The zero-order valence-electron chi connectivity index (χ0n) is 13.7. The van der Waals surface area contributed by atoms with E-state index in [4.69, 9.17) is 4.42 Å². The zero-order valence-corrected chi connectivity index (χ0v) is 15.3. The second-order valence-electron chi connectivity index (χ2n) is 5.99. The zero-order chi connectivity index (χ0) is 16.4. The SMILES string of the molecule is Cl.O=C(NCc1ccc(-c2nc3ccccc3s2)o1)C1CCNCC1. The minimum absolute atomic E-state index is 0. The van der Waals surface area contributed by atoms with Gasteiger partial charge in [-0.3, -0.25) is 4.79 Å². The van der Waals surface area contributed by atoms with Crippen molar-refractivity contribution >= 4 is 39.9 Å². The summed E-state index contributed by atoms with van der Waals surface area (Å²) in [6.45, 7) is 2.26. The molecule has 0 spiro atoms. The fourth-order valence-electron chi connectivity index (χ4n) is 2.97. The lowest BCUT2D eigenvalue weighted by molar-refractivity contribution is -0.126. The molecule has 1 fully saturated rings. The predicted molar refractivity (Wildman–Crippen MR) is 102 cm³/mol. The van der Waals surface area contributed by atoms with Gasteiger partial charge < -0.3 is 15.1 Å². The number of amides is 1. The Labute approximate surface area is 156 Å². The van der Waals surface area contributed by atoms with E-state index in [1.165, 1.54) is 0 Å². The van der Waals surface area contributed by atoms with Crippen LogP contribution in [0.5, 0.6) is 0 Å². The molecule has 0 unspecified atom stereocenters. The van der Waals surface area contributed by atoms with Crippen molar-refractivity contribution < 1.29 is 9.21 Å². The molecular weight excluding hydrogens is 358 g/mol. The van der Waals surface area contributed by atoms with Crippen LogP contribution in [0.4, 0.5) is 0 Å². The highest BCUT2D eigenvalue weighted by molar-refractivity contribution is 7.21. The maximum absolute atomic E-state index is 12.2. The van der Waals surface area contributed by atoms with E-state index in [0.29, 0.717) is 6.54 Å². The molecule has 0 atom stereocenters. The van der Waals surface area contributed by atoms with Crippen LogP contribution in [0, 0.1) is 5.92 Å². The van der Waals surface area contributed by atoms with Crippen LogP contribution < -0.4 is 10.6 Å². The number of nitrogens with one attached hydrogen (secondary N) is 2. The quantitative estimate of drug-likeness (QED) is 0.729. The summed E-state index contributed by atoms with van der Waals surface area (Å²) in [5, 5.41) is 7.12. The van der Waals surface area contributed by atoms with Gasteiger partial charge in [-0.2, -0.15) is 0 Å². The summed E-state index contributed by atoms with van der Waals surface area (Å²) < 4.78 is 7.00. The molecule has 5 nitrogen and oxygen atoms in total. The van der Waals surface area contributed by atoms with E-state index in [9.17, 15) is 4.79 Å². The molecule has 4 rings (SSSR count). The molecule has 2 aromatic heterocycles. The Morgan fingerprint density at radius 2 is 2.04 bits per heavy atom. The Morgan fingerprint density at radius 3 is 2.84 bits per heavy atom. The number of halogens is 1. The lowest BCUT2D eigenvalue weighted by Gasteiger charge is -2.21. The van der Waals surface area contributed by atoms with Crippen LogP contribution in [0.1, 0.15) is 18.6 Å². The largest absolute Gasteiger partial charge is 0.457 e. The first-order valence-electron chi connectivity index (χ1n) is 8.23. The van der Waals surface area contributed by atoms with Crippen molar-refractivity contribution in [2.45, 2.75) is 19.4 Å². The number of aromatic nitrogens is 1. The normalized spacial score (nSPS) is 15.0. The minimum atomic E-state index is 0. The van der Waals surface area contributed by atoms with Gasteiger partial charge in [-0.25, -0.2) is 4.98 Å². The fraction of sp³-hybridized carbons (Fsp3) is 0.333. The number of piperidine rings is 1. The molecule has 1 amide bonds. The van der Waals surface area contributed by atoms with Crippen LogP contribution in [-0.2, 0) is 11.3 Å². The van der Waals surface area contributed by atoms with Gasteiger partial charge in [0.2, 0.25) is 5.91 Å². The van der Waals surface area contributed by atoms with Crippen molar-refractivity contribution in [1.29, 1.82) is 0 Å². The molecule has 0 saturated carbocycles. The Kier molecular flexibility index (Phi) is 5.73. The molecular formula is C18H20ClN3O2S. The molecule has 0 aliphatic carbocycles. The third-order valence-electron chi connectivity index (χ3n) is 4.31. The van der Waals surface area contributed by atoms with Crippen LogP contribution >= 0.6 is 23.7 Å². The first-order chi connectivity index (χ1) is 11.8. The average Bonchev–Trinajstić information content (AvgIpc) is 3.27. The summed E-state index contributed by atoms with van der Waals surface area (Å²) in [7, 11) is 0. The van der Waals surface area contributed by atoms with E-state index in [1.807, 2.05) is 30.3 Å². The van der Waals surface area contributed by atoms with Crippen molar-refractivity contribution in [2.75, 3.05) is 13.1 Å². The molecule has 1 aromatic carbocycles. The lowest BCUT2D eigenvalue weighted by atomic mass is 9.97. The topological polar surface area (TPSA) is 67.2 Å². The van der Waals surface area contributed by atoms with Crippen LogP contribution in [0.3, 0.4) is 0 Å². The van der Waals surface area contributed by atoms with Crippen molar-refractivity contribution in [1.82, 2.24) is 15.6 Å². The standard InChI is InChI=1S/C18H19N3O2S.ClH/c22-17(12-7-9-19-10-8-12)20-11-13-5-6-15(23-13)18-21-14-3-1-2-4-16(14)24-18;/h1-6,12,19H,7-11H2,(H,20,22);1H. The third-order valence-corrected chi connectivity index (χ3v) is 5.36. The monoisotopic (exact) mass is 377 g/mol. The Hall–Kier alpha value is -1.89. The smallest absolute Gasteiger partial charge is 0.223 e. The molecule has 1 aliphatic rings. The van der Waals surface area contributed by atoms with Gasteiger partial charge in [-0.05, 0) is 50.2 Å². The number of carbonyl (C=O) groups excluding carboxylic acids is 1. The molecule has 0 radical (unpaired) electrons. The van der Waals surface area contributed by atoms with E-state index in [1.54, 1.807) is 11.3 Å². The average molecular weight is 378 g/mol. The first kappa shape index (κ1) is 17.9. The van der Waals surface area contributed by atoms with Gasteiger partial charge in [0.05, 0.1) is 16.8 Å². The van der Waals surface area contributed by atoms with Gasteiger partial charge in [0.15, 0.2) is 10.8 Å². The summed E-state index contributed by atoms with van der Waals surface area (Å²) in [4.78, 5) is 16.8. The number of nitrogens with zero attached hydrogens (tertiary/aromatic N) is 1. The number of para-hydroxylation sites is 1. The number of benzene rings is 1. The molecule has 3 aromatic rings. The summed E-state index contributed by atoms with van der Waals surface area (Å²) >= 11 is 1.61. The maximum atomic E-state index is 12.2. The number of hydrogen-bond donors (Lipinski definition) is 2. The molecule has 7 heteroatoms. The molecule has 132 valence electrons. The molecule has 0 bridgehead atoms. The van der Waals surface area contributed by atoms with Crippen molar-refractivity contribution in [3.63, 3.8) is 0 Å². The van der Waals surface area contributed by atoms with Gasteiger partial charge in [0, 0.05) is 5.92 Å². The number of fused-ring (bicyclic) bond motifs is 1. The lowest BCUT2D eigenvalue weighted by Crippen LogP contribution is -2.37. The summed E-state index contributed by atoms with van der Waals surface area (Å²) in [6.07, 6.45) is 1.81. The van der Waals surface area contributed by atoms with Gasteiger partial charge in [0.25, 0.3) is 0 Å². The van der Waals surface area contributed by atoms with Crippen LogP contribution in [-0.4, -0.2) is 24.0 Å². The van der Waals surface area contributed by atoms with E-state index in [2.05, 4.69) is 21.7 Å². The summed E-state index contributed by atoms with van der Waals surface area (Å²) in [6, 6.07) is 11.9. The molecule has 1 saturated heterocycles. The number of furan rings is 1. The highest BCUT2D eigenvalue weighted by atomic mass is 35.5. The Morgan fingerprint density at radius 1 is 1.24 bits per heavy atom. The van der Waals surface area contributed by atoms with Gasteiger partial charge in [0.1, 0.15) is 5.76 Å². The highest BCUT2D eigenvalue weighted by Crippen LogP contribution is 2.31. The van der Waals surface area contributed by atoms with E-state index < -0.39 is 0 Å². The predicted octanol–water partition coefficient (Wildman–Crippen LogP) is 3.59. The second-order valence-corrected chi connectivity index (χ2v) is 7.03. The highest BCUT2D eigenvalue weighted by Gasteiger charge is 2.20. The number of thiazole rings is 1. The van der Waals surface area contributed by atoms with E-state index >= 15 is 0 Å². The van der Waals surface area contributed by atoms with Crippen molar-refractivity contribution in [3.05, 3.63) is 42.2 Å².